The number of rotatable bonds is 10. The molecule has 0 saturated heterocycles. The summed E-state index contributed by atoms with van der Waals surface area (Å²) in [6.07, 6.45) is 1.33. The molecule has 5 unspecified atom stereocenters. The summed E-state index contributed by atoms with van der Waals surface area (Å²) < 4.78 is 13.4. The van der Waals surface area contributed by atoms with Crippen LogP contribution in [0.5, 0.6) is 0 Å². The first-order chi connectivity index (χ1) is 12.3. The smallest absolute Gasteiger partial charge is 0.192 e. The molecule has 5 atom stereocenters. The quantitative estimate of drug-likeness (QED) is 0.304. The molecular weight excluding hydrogens is 380 g/mol. The van der Waals surface area contributed by atoms with Crippen LogP contribution >= 0.6 is 0 Å². The zero-order chi connectivity index (χ0) is 22.7. The maximum absolute atomic E-state index is 10.9. The largest absolute Gasteiger partial charge is 0.416 e. The van der Waals surface area contributed by atoms with E-state index in [4.69, 9.17) is 8.85 Å². The fourth-order valence-electron chi connectivity index (χ4n) is 2.72. The Morgan fingerprint density at radius 3 is 1.68 bits per heavy atom. The molecule has 0 aliphatic rings. The van der Waals surface area contributed by atoms with Crippen molar-refractivity contribution in [2.45, 2.75) is 111 Å². The lowest BCUT2D eigenvalue weighted by atomic mass is 9.84. The van der Waals surface area contributed by atoms with Crippen LogP contribution in [0.15, 0.2) is 12.7 Å². The Hall–Kier alpha value is 0.0538. The molecule has 0 aromatic carbocycles. The van der Waals surface area contributed by atoms with E-state index < -0.39 is 22.7 Å². The molecule has 0 radical (unpaired) electrons. The lowest BCUT2D eigenvalue weighted by Gasteiger charge is -2.45. The predicted molar refractivity (Wildman–Crippen MR) is 129 cm³/mol. The molecule has 0 saturated carbocycles. The van der Waals surface area contributed by atoms with Gasteiger partial charge in [0.1, 0.15) is 0 Å². The zero-order valence-corrected chi connectivity index (χ0v) is 23.1. The molecule has 5 heteroatoms. The van der Waals surface area contributed by atoms with Crippen LogP contribution in [0.3, 0.4) is 0 Å². The van der Waals surface area contributed by atoms with E-state index in [0.29, 0.717) is 6.61 Å². The Balaban J connectivity index is 5.62. The van der Waals surface area contributed by atoms with Crippen molar-refractivity contribution in [1.29, 1.82) is 0 Å². The average Bonchev–Trinajstić information content (AvgIpc) is 2.53. The first-order valence-corrected chi connectivity index (χ1v) is 16.7. The van der Waals surface area contributed by atoms with Crippen LogP contribution in [0.2, 0.25) is 36.3 Å². The monoisotopic (exact) mass is 430 g/mol. The van der Waals surface area contributed by atoms with E-state index in [0.717, 1.165) is 0 Å². The van der Waals surface area contributed by atoms with E-state index in [1.165, 1.54) is 0 Å². The van der Waals surface area contributed by atoms with Crippen LogP contribution in [-0.2, 0) is 8.85 Å². The van der Waals surface area contributed by atoms with E-state index in [2.05, 4.69) is 88.2 Å². The minimum absolute atomic E-state index is 0.0140. The molecule has 0 bridgehead atoms. The average molecular weight is 431 g/mol. The Morgan fingerprint density at radius 1 is 0.893 bits per heavy atom. The summed E-state index contributed by atoms with van der Waals surface area (Å²) in [7, 11) is -3.80. The molecule has 0 fully saturated rings. The maximum Gasteiger partial charge on any atom is 0.192 e. The molecule has 0 aliphatic carbocycles. The van der Waals surface area contributed by atoms with Crippen molar-refractivity contribution in [3.05, 3.63) is 12.7 Å². The number of hydrogen-bond acceptors (Lipinski definition) is 3. The lowest BCUT2D eigenvalue weighted by Crippen LogP contribution is -2.51. The van der Waals surface area contributed by atoms with Crippen LogP contribution in [0, 0.1) is 17.8 Å². The van der Waals surface area contributed by atoms with Crippen LogP contribution in [0.4, 0.5) is 0 Å². The standard InChI is InChI=1S/C23H50O3Si2/c1-15-17(2)20(24)19(4)21(26-28(13,14)23(8,9)10)18(3)16-25-27(11,12)22(5,6)7/h15,17-21,24H,1,16H2,2-14H3. The molecule has 28 heavy (non-hydrogen) atoms. The van der Waals surface area contributed by atoms with Gasteiger partial charge in [-0.25, -0.2) is 0 Å². The van der Waals surface area contributed by atoms with Gasteiger partial charge in [0, 0.05) is 24.4 Å². The van der Waals surface area contributed by atoms with E-state index in [9.17, 15) is 5.11 Å². The number of aliphatic hydroxyl groups excluding tert-OH is 1. The van der Waals surface area contributed by atoms with Gasteiger partial charge in [-0.05, 0) is 36.3 Å². The Morgan fingerprint density at radius 2 is 1.32 bits per heavy atom. The summed E-state index contributed by atoms with van der Waals surface area (Å²) in [5.74, 6) is 0.263. The fourth-order valence-corrected chi connectivity index (χ4v) is 5.32. The Kier molecular flexibility index (Phi) is 9.93. The third-order valence-corrected chi connectivity index (χ3v) is 16.3. The molecular formula is C23H50O3Si2. The van der Waals surface area contributed by atoms with Crippen molar-refractivity contribution in [3.8, 4) is 0 Å². The van der Waals surface area contributed by atoms with Gasteiger partial charge >= 0.3 is 0 Å². The van der Waals surface area contributed by atoms with Crippen LogP contribution < -0.4 is 0 Å². The van der Waals surface area contributed by atoms with Crippen molar-refractivity contribution in [2.24, 2.45) is 17.8 Å². The first kappa shape index (κ1) is 28.1. The van der Waals surface area contributed by atoms with E-state index in [1.54, 1.807) is 0 Å². The predicted octanol–water partition coefficient (Wildman–Crippen LogP) is 6.85. The van der Waals surface area contributed by atoms with E-state index in [1.807, 2.05) is 13.0 Å². The van der Waals surface area contributed by atoms with Crippen molar-refractivity contribution in [1.82, 2.24) is 0 Å². The summed E-state index contributed by atoms with van der Waals surface area (Å²) in [5.41, 5.74) is 0. The Bertz CT molecular complexity index is 489. The summed E-state index contributed by atoms with van der Waals surface area (Å²) >= 11 is 0. The molecule has 0 spiro atoms. The molecule has 3 nitrogen and oxygen atoms in total. The zero-order valence-electron chi connectivity index (χ0n) is 21.1. The highest BCUT2D eigenvalue weighted by Gasteiger charge is 2.44. The number of hydrogen-bond donors (Lipinski definition) is 1. The van der Waals surface area contributed by atoms with Gasteiger partial charge in [0.2, 0.25) is 0 Å². The fraction of sp³-hybridized carbons (Fsp3) is 0.913. The SMILES string of the molecule is C=CC(C)C(O)C(C)C(O[Si](C)(C)C(C)(C)C)C(C)CO[Si](C)(C)C(C)(C)C. The number of aliphatic hydroxyl groups is 1. The molecule has 0 aromatic heterocycles. The van der Waals surface area contributed by atoms with Gasteiger partial charge < -0.3 is 14.0 Å². The van der Waals surface area contributed by atoms with Gasteiger partial charge in [-0.3, -0.25) is 0 Å². The van der Waals surface area contributed by atoms with Crippen molar-refractivity contribution < 1.29 is 14.0 Å². The lowest BCUT2D eigenvalue weighted by molar-refractivity contribution is -0.0231. The van der Waals surface area contributed by atoms with Gasteiger partial charge in [0.15, 0.2) is 16.6 Å². The van der Waals surface area contributed by atoms with Gasteiger partial charge in [0.25, 0.3) is 0 Å². The summed E-state index contributed by atoms with van der Waals surface area (Å²) in [4.78, 5) is 0. The highest BCUT2D eigenvalue weighted by molar-refractivity contribution is 6.74. The van der Waals surface area contributed by atoms with Gasteiger partial charge in [-0.15, -0.1) is 6.58 Å². The Labute approximate surface area is 178 Å². The first-order valence-electron chi connectivity index (χ1n) is 10.9. The highest BCUT2D eigenvalue weighted by atomic mass is 28.4. The molecule has 0 rings (SSSR count). The third-order valence-electron chi connectivity index (χ3n) is 7.28. The van der Waals surface area contributed by atoms with Gasteiger partial charge in [-0.2, -0.15) is 0 Å². The topological polar surface area (TPSA) is 38.7 Å². The van der Waals surface area contributed by atoms with Gasteiger partial charge in [-0.1, -0.05) is 68.4 Å². The molecule has 168 valence electrons. The van der Waals surface area contributed by atoms with Crippen molar-refractivity contribution in [3.63, 3.8) is 0 Å². The summed E-state index contributed by atoms with van der Waals surface area (Å²) in [6.45, 7) is 33.7. The normalized spacial score (nSPS) is 19.6. The van der Waals surface area contributed by atoms with Crippen molar-refractivity contribution in [2.75, 3.05) is 6.61 Å². The van der Waals surface area contributed by atoms with Crippen molar-refractivity contribution >= 4 is 16.6 Å². The van der Waals surface area contributed by atoms with Crippen LogP contribution in [-0.4, -0.2) is 40.6 Å². The summed E-state index contributed by atoms with van der Waals surface area (Å²) in [5, 5.41) is 11.2. The van der Waals surface area contributed by atoms with E-state index in [-0.39, 0.29) is 33.9 Å². The van der Waals surface area contributed by atoms with Gasteiger partial charge in [0.05, 0.1) is 12.2 Å². The maximum atomic E-state index is 10.9. The molecule has 0 aromatic rings. The molecule has 0 amide bonds. The third kappa shape index (κ3) is 7.39. The summed E-state index contributed by atoms with van der Waals surface area (Å²) in [6, 6.07) is 0. The minimum atomic E-state index is -1.98. The second-order valence-corrected chi connectivity index (χ2v) is 21.4. The molecule has 1 N–H and O–H groups in total. The molecule has 0 aliphatic heterocycles. The molecule has 0 heterocycles. The minimum Gasteiger partial charge on any atom is -0.416 e. The van der Waals surface area contributed by atoms with Crippen LogP contribution in [0.1, 0.15) is 62.3 Å². The van der Waals surface area contributed by atoms with E-state index >= 15 is 0 Å². The highest BCUT2D eigenvalue weighted by Crippen LogP contribution is 2.41. The second kappa shape index (κ2) is 9.91. The van der Waals surface area contributed by atoms with Crippen LogP contribution in [0.25, 0.3) is 0 Å². The second-order valence-electron chi connectivity index (χ2n) is 11.8.